The number of hydrogen-bond donors (Lipinski definition) is 1. The molecule has 0 unspecified atom stereocenters. The summed E-state index contributed by atoms with van der Waals surface area (Å²) in [5.74, 6) is 1.19. The molecule has 0 saturated carbocycles. The molecule has 0 aliphatic rings. The number of nitrogens with two attached hydrogens (primary N) is 1. The highest BCUT2D eigenvalue weighted by atomic mass is 79.9. The second kappa shape index (κ2) is 5.49. The van der Waals surface area contributed by atoms with Crippen LogP contribution < -0.4 is 10.5 Å². The topological polar surface area (TPSA) is 48.1 Å². The van der Waals surface area contributed by atoms with E-state index in [0.29, 0.717) is 23.2 Å². The number of aromatic nitrogens is 1. The van der Waals surface area contributed by atoms with Crippen LogP contribution in [0.5, 0.6) is 11.6 Å². The minimum atomic E-state index is 0.470. The Morgan fingerprint density at radius 1 is 1.29 bits per heavy atom. The van der Waals surface area contributed by atoms with Crippen LogP contribution in [0, 0.1) is 0 Å². The molecule has 0 atom stereocenters. The molecule has 0 bridgehead atoms. The summed E-state index contributed by atoms with van der Waals surface area (Å²) in [6.45, 7) is 0.470. The summed E-state index contributed by atoms with van der Waals surface area (Å²) in [4.78, 5) is 4.15. The normalized spacial score (nSPS) is 10.3. The van der Waals surface area contributed by atoms with Gasteiger partial charge in [0.1, 0.15) is 5.75 Å². The molecule has 3 nitrogen and oxygen atoms in total. The molecule has 2 aromatic rings. The molecular formula is C12H10BrClN2O. The predicted octanol–water partition coefficient (Wildman–Crippen LogP) is 3.75. The van der Waals surface area contributed by atoms with Crippen molar-refractivity contribution >= 4 is 27.5 Å². The van der Waals surface area contributed by atoms with Gasteiger partial charge in [-0.25, -0.2) is 4.98 Å². The Hall–Kier alpha value is -1.10. The van der Waals surface area contributed by atoms with Gasteiger partial charge in [-0.2, -0.15) is 0 Å². The SMILES string of the molecule is NCc1ccc(Oc2ccc(Cl)cc2Br)nc1. The molecule has 0 fully saturated rings. The van der Waals surface area contributed by atoms with Crippen molar-refractivity contribution in [2.75, 3.05) is 0 Å². The largest absolute Gasteiger partial charge is 0.438 e. The molecular weight excluding hydrogens is 304 g/mol. The van der Waals surface area contributed by atoms with Crippen LogP contribution in [-0.4, -0.2) is 4.98 Å². The van der Waals surface area contributed by atoms with E-state index < -0.39 is 0 Å². The number of pyridine rings is 1. The van der Waals surface area contributed by atoms with Crippen molar-refractivity contribution < 1.29 is 4.74 Å². The number of halogens is 2. The van der Waals surface area contributed by atoms with E-state index in [0.717, 1.165) is 10.0 Å². The molecule has 0 saturated heterocycles. The summed E-state index contributed by atoms with van der Waals surface area (Å²) >= 11 is 9.22. The lowest BCUT2D eigenvalue weighted by Gasteiger charge is -2.07. The maximum Gasteiger partial charge on any atom is 0.219 e. The van der Waals surface area contributed by atoms with E-state index in [1.165, 1.54) is 0 Å². The first kappa shape index (κ1) is 12.4. The molecule has 0 spiro atoms. The molecule has 1 aromatic heterocycles. The van der Waals surface area contributed by atoms with Crippen LogP contribution in [0.1, 0.15) is 5.56 Å². The average molecular weight is 314 g/mol. The van der Waals surface area contributed by atoms with Crippen molar-refractivity contribution in [1.82, 2.24) is 4.98 Å². The van der Waals surface area contributed by atoms with Crippen LogP contribution in [0.15, 0.2) is 41.0 Å². The first-order valence-electron chi connectivity index (χ1n) is 4.97. The number of ether oxygens (including phenoxy) is 1. The Labute approximate surface area is 113 Å². The fourth-order valence-corrected chi connectivity index (χ4v) is 2.03. The maximum atomic E-state index is 5.84. The third kappa shape index (κ3) is 3.19. The van der Waals surface area contributed by atoms with Crippen LogP contribution >= 0.6 is 27.5 Å². The van der Waals surface area contributed by atoms with Gasteiger partial charge in [0, 0.05) is 23.8 Å². The quantitative estimate of drug-likeness (QED) is 0.939. The van der Waals surface area contributed by atoms with Gasteiger partial charge in [-0.15, -0.1) is 0 Å². The van der Waals surface area contributed by atoms with E-state index in [1.54, 1.807) is 30.5 Å². The van der Waals surface area contributed by atoms with Gasteiger partial charge in [0.2, 0.25) is 5.88 Å². The van der Waals surface area contributed by atoms with Crippen molar-refractivity contribution in [2.45, 2.75) is 6.54 Å². The number of nitrogens with zero attached hydrogens (tertiary/aromatic N) is 1. The van der Waals surface area contributed by atoms with E-state index in [1.807, 2.05) is 6.07 Å². The Balaban J connectivity index is 2.19. The lowest BCUT2D eigenvalue weighted by Crippen LogP contribution is -1.97. The van der Waals surface area contributed by atoms with Gasteiger partial charge < -0.3 is 10.5 Å². The zero-order valence-corrected chi connectivity index (χ0v) is 11.2. The highest BCUT2D eigenvalue weighted by Crippen LogP contribution is 2.31. The van der Waals surface area contributed by atoms with Gasteiger partial charge in [0.05, 0.1) is 4.47 Å². The highest BCUT2D eigenvalue weighted by molar-refractivity contribution is 9.10. The molecule has 0 aliphatic carbocycles. The van der Waals surface area contributed by atoms with Gasteiger partial charge in [-0.1, -0.05) is 17.7 Å². The second-order valence-corrected chi connectivity index (χ2v) is 4.68. The van der Waals surface area contributed by atoms with E-state index in [-0.39, 0.29) is 0 Å². The van der Waals surface area contributed by atoms with Crippen LogP contribution in [0.2, 0.25) is 5.02 Å². The van der Waals surface area contributed by atoms with Gasteiger partial charge in [-0.3, -0.25) is 0 Å². The molecule has 0 radical (unpaired) electrons. The molecule has 88 valence electrons. The predicted molar refractivity (Wildman–Crippen MR) is 71.4 cm³/mol. The minimum absolute atomic E-state index is 0.470. The van der Waals surface area contributed by atoms with E-state index in [9.17, 15) is 0 Å². The molecule has 5 heteroatoms. The van der Waals surface area contributed by atoms with Crippen LogP contribution in [0.3, 0.4) is 0 Å². The second-order valence-electron chi connectivity index (χ2n) is 3.39. The summed E-state index contributed by atoms with van der Waals surface area (Å²) < 4.78 is 6.39. The molecule has 1 heterocycles. The lowest BCUT2D eigenvalue weighted by molar-refractivity contribution is 0.459. The monoisotopic (exact) mass is 312 g/mol. The molecule has 2 N–H and O–H groups in total. The van der Waals surface area contributed by atoms with Gasteiger partial charge in [0.25, 0.3) is 0 Å². The Kier molecular flexibility index (Phi) is 3.99. The van der Waals surface area contributed by atoms with Gasteiger partial charge in [-0.05, 0) is 39.7 Å². The standard InChI is InChI=1S/C12H10BrClN2O/c13-10-5-9(14)2-3-11(10)17-12-4-1-8(6-15)7-16-12/h1-5,7H,6,15H2. The molecule has 0 amide bonds. The van der Waals surface area contributed by atoms with Crippen molar-refractivity contribution in [3.05, 3.63) is 51.6 Å². The Bertz CT molecular complexity index is 516. The minimum Gasteiger partial charge on any atom is -0.438 e. The van der Waals surface area contributed by atoms with Crippen molar-refractivity contribution in [2.24, 2.45) is 5.73 Å². The van der Waals surface area contributed by atoms with Crippen LogP contribution in [0.4, 0.5) is 0 Å². The van der Waals surface area contributed by atoms with Gasteiger partial charge >= 0.3 is 0 Å². The number of rotatable bonds is 3. The fraction of sp³-hybridized carbons (Fsp3) is 0.0833. The van der Waals surface area contributed by atoms with E-state index in [4.69, 9.17) is 22.1 Å². The summed E-state index contributed by atoms with van der Waals surface area (Å²) in [5.41, 5.74) is 6.46. The maximum absolute atomic E-state index is 5.84. The summed E-state index contributed by atoms with van der Waals surface area (Å²) in [6.07, 6.45) is 1.69. The van der Waals surface area contributed by atoms with Crippen molar-refractivity contribution in [3.63, 3.8) is 0 Å². The van der Waals surface area contributed by atoms with Gasteiger partial charge in [0.15, 0.2) is 0 Å². The van der Waals surface area contributed by atoms with E-state index in [2.05, 4.69) is 20.9 Å². The zero-order chi connectivity index (χ0) is 12.3. The number of benzene rings is 1. The first-order valence-corrected chi connectivity index (χ1v) is 6.14. The summed E-state index contributed by atoms with van der Waals surface area (Å²) in [5, 5.41) is 0.649. The third-order valence-corrected chi connectivity index (χ3v) is 3.00. The van der Waals surface area contributed by atoms with Crippen molar-refractivity contribution in [3.8, 4) is 11.6 Å². The first-order chi connectivity index (χ1) is 8.19. The molecule has 0 aliphatic heterocycles. The molecule has 2 rings (SSSR count). The third-order valence-electron chi connectivity index (χ3n) is 2.14. The summed E-state index contributed by atoms with van der Waals surface area (Å²) in [6, 6.07) is 8.97. The highest BCUT2D eigenvalue weighted by Gasteiger charge is 2.04. The Morgan fingerprint density at radius 2 is 2.12 bits per heavy atom. The number of hydrogen-bond acceptors (Lipinski definition) is 3. The molecule has 17 heavy (non-hydrogen) atoms. The smallest absolute Gasteiger partial charge is 0.219 e. The fourth-order valence-electron chi connectivity index (χ4n) is 1.26. The molecule has 1 aromatic carbocycles. The average Bonchev–Trinajstić information content (AvgIpc) is 2.34. The van der Waals surface area contributed by atoms with Crippen LogP contribution in [0.25, 0.3) is 0 Å². The van der Waals surface area contributed by atoms with Crippen molar-refractivity contribution in [1.29, 1.82) is 0 Å². The van der Waals surface area contributed by atoms with Crippen LogP contribution in [-0.2, 0) is 6.54 Å². The Morgan fingerprint density at radius 3 is 2.71 bits per heavy atom. The van der Waals surface area contributed by atoms with E-state index >= 15 is 0 Å². The lowest BCUT2D eigenvalue weighted by atomic mass is 10.3. The zero-order valence-electron chi connectivity index (χ0n) is 8.86. The summed E-state index contributed by atoms with van der Waals surface area (Å²) in [7, 11) is 0.